The largest absolute Gasteiger partial charge is 0.481 e. The summed E-state index contributed by atoms with van der Waals surface area (Å²) in [5, 5.41) is 22.2. The first-order valence-electron chi connectivity index (χ1n) is 5.31. The Bertz CT molecular complexity index is 506. The maximum Gasteiger partial charge on any atom is 0.319 e. The molecule has 0 aliphatic heterocycles. The predicted octanol–water partition coefficient (Wildman–Crippen LogP) is 1.46. The Hall–Kier alpha value is -2.55. The van der Waals surface area contributed by atoms with Crippen LogP contribution in [0.1, 0.15) is 17.5 Å². The minimum Gasteiger partial charge on any atom is -0.481 e. The fraction of sp³-hybridized carbons (Fsp3) is 0.250. The number of hydrogen-bond donors (Lipinski definition) is 3. The van der Waals surface area contributed by atoms with E-state index in [9.17, 15) is 9.59 Å². The Labute approximate surface area is 104 Å². The quantitative estimate of drug-likeness (QED) is 0.749. The van der Waals surface area contributed by atoms with E-state index in [1.807, 2.05) is 6.07 Å². The normalized spacial score (nSPS) is 9.33. The van der Waals surface area contributed by atoms with Gasteiger partial charge in [-0.05, 0) is 24.6 Å². The van der Waals surface area contributed by atoms with Crippen LogP contribution in [0.2, 0.25) is 0 Å². The van der Waals surface area contributed by atoms with Gasteiger partial charge >= 0.3 is 12.0 Å². The van der Waals surface area contributed by atoms with Crippen LogP contribution in [0.25, 0.3) is 0 Å². The average molecular weight is 247 g/mol. The van der Waals surface area contributed by atoms with Gasteiger partial charge in [-0.15, -0.1) is 0 Å². The van der Waals surface area contributed by atoms with E-state index < -0.39 is 12.0 Å². The molecule has 6 nitrogen and oxygen atoms in total. The van der Waals surface area contributed by atoms with Gasteiger partial charge in [-0.2, -0.15) is 5.26 Å². The van der Waals surface area contributed by atoms with Crippen molar-refractivity contribution in [2.75, 3.05) is 11.9 Å². The van der Waals surface area contributed by atoms with E-state index in [0.717, 1.165) is 0 Å². The Morgan fingerprint density at radius 1 is 1.44 bits per heavy atom. The van der Waals surface area contributed by atoms with Crippen LogP contribution in [0.3, 0.4) is 0 Å². The summed E-state index contributed by atoms with van der Waals surface area (Å²) >= 11 is 0. The van der Waals surface area contributed by atoms with Crippen molar-refractivity contribution in [3.8, 4) is 6.07 Å². The highest BCUT2D eigenvalue weighted by atomic mass is 16.4. The topological polar surface area (TPSA) is 102 Å². The van der Waals surface area contributed by atoms with Gasteiger partial charge < -0.3 is 15.7 Å². The summed E-state index contributed by atoms with van der Waals surface area (Å²) < 4.78 is 0. The molecule has 0 spiro atoms. The van der Waals surface area contributed by atoms with Crippen LogP contribution in [-0.4, -0.2) is 23.7 Å². The number of carbonyl (C=O) groups excluding carboxylic acids is 1. The summed E-state index contributed by atoms with van der Waals surface area (Å²) in [6.45, 7) is 1.78. The second-order valence-electron chi connectivity index (χ2n) is 3.61. The molecule has 94 valence electrons. The van der Waals surface area contributed by atoms with Gasteiger partial charge in [0.05, 0.1) is 18.1 Å². The molecule has 0 atom stereocenters. The highest BCUT2D eigenvalue weighted by molar-refractivity contribution is 5.90. The van der Waals surface area contributed by atoms with Crippen LogP contribution in [0.15, 0.2) is 18.2 Å². The second kappa shape index (κ2) is 6.25. The average Bonchev–Trinajstić information content (AvgIpc) is 2.31. The molecular weight excluding hydrogens is 234 g/mol. The highest BCUT2D eigenvalue weighted by Crippen LogP contribution is 2.17. The highest BCUT2D eigenvalue weighted by Gasteiger charge is 2.07. The van der Waals surface area contributed by atoms with E-state index in [2.05, 4.69) is 10.6 Å². The summed E-state index contributed by atoms with van der Waals surface area (Å²) in [6.07, 6.45) is -0.134. The number of nitriles is 1. The number of urea groups is 1. The predicted molar refractivity (Wildman–Crippen MR) is 65.2 cm³/mol. The lowest BCUT2D eigenvalue weighted by molar-refractivity contribution is -0.136. The maximum absolute atomic E-state index is 11.4. The zero-order valence-electron chi connectivity index (χ0n) is 9.86. The number of amides is 2. The van der Waals surface area contributed by atoms with Gasteiger partial charge in [-0.3, -0.25) is 4.79 Å². The first kappa shape index (κ1) is 13.5. The lowest BCUT2D eigenvalue weighted by atomic mass is 10.1. The van der Waals surface area contributed by atoms with E-state index in [1.165, 1.54) is 0 Å². The summed E-state index contributed by atoms with van der Waals surface area (Å²) in [5.74, 6) is -0.974. The van der Waals surface area contributed by atoms with E-state index in [-0.39, 0.29) is 13.0 Å². The monoisotopic (exact) mass is 247 g/mol. The Morgan fingerprint density at radius 3 is 2.78 bits per heavy atom. The van der Waals surface area contributed by atoms with Crippen molar-refractivity contribution in [1.82, 2.24) is 5.32 Å². The van der Waals surface area contributed by atoms with Crippen molar-refractivity contribution >= 4 is 17.7 Å². The minimum absolute atomic E-state index is 0.0537. The zero-order chi connectivity index (χ0) is 13.5. The molecule has 1 rings (SSSR count). The molecule has 0 aliphatic rings. The van der Waals surface area contributed by atoms with Crippen LogP contribution in [0, 0.1) is 18.3 Å². The molecule has 0 saturated heterocycles. The van der Waals surface area contributed by atoms with Crippen LogP contribution in [0.4, 0.5) is 10.5 Å². The number of carboxylic acids is 1. The van der Waals surface area contributed by atoms with Crippen LogP contribution < -0.4 is 10.6 Å². The molecule has 0 fully saturated rings. The van der Waals surface area contributed by atoms with E-state index in [4.69, 9.17) is 10.4 Å². The summed E-state index contributed by atoms with van der Waals surface area (Å²) in [6, 6.07) is 6.52. The molecule has 6 heteroatoms. The van der Waals surface area contributed by atoms with Crippen molar-refractivity contribution in [3.63, 3.8) is 0 Å². The number of hydrogen-bond acceptors (Lipinski definition) is 3. The number of nitrogens with zero attached hydrogens (tertiary/aromatic N) is 1. The van der Waals surface area contributed by atoms with Crippen molar-refractivity contribution in [2.45, 2.75) is 13.3 Å². The summed E-state index contributed by atoms with van der Waals surface area (Å²) in [5.41, 5.74) is 1.69. The number of anilines is 1. The molecule has 0 heterocycles. The lowest BCUT2D eigenvalue weighted by Crippen LogP contribution is -2.30. The Balaban J connectivity index is 2.60. The molecule has 1 aromatic rings. The van der Waals surface area contributed by atoms with Gasteiger partial charge in [-0.25, -0.2) is 4.79 Å². The van der Waals surface area contributed by atoms with E-state index in [1.54, 1.807) is 25.1 Å². The molecule has 1 aromatic carbocycles. The standard InChI is InChI=1S/C12H13N3O3/c1-8-9(7-13)3-2-4-10(8)15-12(18)14-6-5-11(16)17/h2-4H,5-6H2,1H3,(H,16,17)(H2,14,15,18). The number of nitrogens with one attached hydrogen (secondary N) is 2. The molecule has 2 amide bonds. The molecule has 0 bridgehead atoms. The van der Waals surface area contributed by atoms with E-state index in [0.29, 0.717) is 16.8 Å². The Morgan fingerprint density at radius 2 is 2.17 bits per heavy atom. The molecule has 0 unspecified atom stereocenters. The lowest BCUT2D eigenvalue weighted by Gasteiger charge is -2.09. The van der Waals surface area contributed by atoms with Crippen molar-refractivity contribution < 1.29 is 14.7 Å². The number of aliphatic carboxylic acids is 1. The van der Waals surface area contributed by atoms with Crippen LogP contribution in [0.5, 0.6) is 0 Å². The number of benzene rings is 1. The van der Waals surface area contributed by atoms with Crippen molar-refractivity contribution in [3.05, 3.63) is 29.3 Å². The maximum atomic E-state index is 11.4. The third kappa shape index (κ3) is 3.79. The summed E-state index contributed by atoms with van der Waals surface area (Å²) in [4.78, 5) is 21.7. The number of rotatable bonds is 4. The van der Waals surface area contributed by atoms with E-state index >= 15 is 0 Å². The van der Waals surface area contributed by atoms with Crippen LogP contribution >= 0.6 is 0 Å². The molecule has 3 N–H and O–H groups in total. The zero-order valence-corrected chi connectivity index (χ0v) is 9.86. The van der Waals surface area contributed by atoms with Gasteiger partial charge in [0, 0.05) is 12.2 Å². The summed E-state index contributed by atoms with van der Waals surface area (Å²) in [7, 11) is 0. The molecule has 0 radical (unpaired) electrons. The van der Waals surface area contributed by atoms with Gasteiger partial charge in [0.2, 0.25) is 0 Å². The second-order valence-corrected chi connectivity index (χ2v) is 3.61. The molecular formula is C12H13N3O3. The van der Waals surface area contributed by atoms with Gasteiger partial charge in [0.15, 0.2) is 0 Å². The smallest absolute Gasteiger partial charge is 0.319 e. The van der Waals surface area contributed by atoms with Gasteiger partial charge in [0.1, 0.15) is 0 Å². The Kier molecular flexibility index (Phi) is 4.69. The fourth-order valence-corrected chi connectivity index (χ4v) is 1.34. The first-order chi connectivity index (χ1) is 8.54. The minimum atomic E-state index is -0.974. The third-order valence-corrected chi connectivity index (χ3v) is 2.33. The SMILES string of the molecule is Cc1c(C#N)cccc1NC(=O)NCCC(=O)O. The first-order valence-corrected chi connectivity index (χ1v) is 5.31. The molecule has 0 aliphatic carbocycles. The van der Waals surface area contributed by atoms with Gasteiger partial charge in [0.25, 0.3) is 0 Å². The van der Waals surface area contributed by atoms with Crippen molar-refractivity contribution in [1.29, 1.82) is 5.26 Å². The van der Waals surface area contributed by atoms with Crippen LogP contribution in [-0.2, 0) is 4.79 Å². The molecule has 18 heavy (non-hydrogen) atoms. The number of carbonyl (C=O) groups is 2. The fourth-order valence-electron chi connectivity index (χ4n) is 1.34. The number of carboxylic acid groups (broad SMARTS) is 1. The van der Waals surface area contributed by atoms with Gasteiger partial charge in [-0.1, -0.05) is 6.07 Å². The molecule has 0 saturated carbocycles. The molecule has 0 aromatic heterocycles. The van der Waals surface area contributed by atoms with Crippen molar-refractivity contribution in [2.24, 2.45) is 0 Å². The third-order valence-electron chi connectivity index (χ3n) is 2.33.